The third kappa shape index (κ3) is 2.12. The molecule has 1 amide bonds. The highest BCUT2D eigenvalue weighted by molar-refractivity contribution is 9.10. The van der Waals surface area contributed by atoms with E-state index < -0.39 is 0 Å². The van der Waals surface area contributed by atoms with Crippen molar-refractivity contribution < 1.29 is 4.79 Å². The van der Waals surface area contributed by atoms with Crippen LogP contribution in [0.3, 0.4) is 0 Å². The van der Waals surface area contributed by atoms with Crippen LogP contribution in [0, 0.1) is 0 Å². The van der Waals surface area contributed by atoms with Crippen molar-refractivity contribution in [2.75, 3.05) is 0 Å². The lowest BCUT2D eigenvalue weighted by Crippen LogP contribution is -2.34. The average Bonchev–Trinajstić information content (AvgIpc) is 2.83. The summed E-state index contributed by atoms with van der Waals surface area (Å²) in [6.45, 7) is 2.06. The van der Waals surface area contributed by atoms with Gasteiger partial charge in [-0.2, -0.15) is 0 Å². The fraction of sp³-hybridized carbons (Fsp3) is 0.400. The molecule has 0 bridgehead atoms. The summed E-state index contributed by atoms with van der Waals surface area (Å²) in [5, 5.41) is 2.99. The van der Waals surface area contributed by atoms with E-state index in [1.807, 2.05) is 0 Å². The Morgan fingerprint density at radius 3 is 2.93 bits per heavy atom. The highest BCUT2D eigenvalue weighted by Crippen LogP contribution is 2.34. The quantitative estimate of drug-likeness (QED) is 0.822. The summed E-state index contributed by atoms with van der Waals surface area (Å²) in [4.78, 5) is 15.7. The standard InChI is InChI=1S/C10H11BrN2O/c1-10(3-4-10)13-9(14)7-2-5-12-8(11)6-7/h2,5-6H,3-4H2,1H3,(H,13,14). The summed E-state index contributed by atoms with van der Waals surface area (Å²) in [7, 11) is 0. The van der Waals surface area contributed by atoms with Crippen molar-refractivity contribution in [2.45, 2.75) is 25.3 Å². The Morgan fingerprint density at radius 2 is 2.36 bits per heavy atom. The molecular weight excluding hydrogens is 244 g/mol. The number of hydrogen-bond acceptors (Lipinski definition) is 2. The molecule has 14 heavy (non-hydrogen) atoms. The highest BCUT2D eigenvalue weighted by Gasteiger charge is 2.38. The number of aromatic nitrogens is 1. The molecule has 0 aliphatic heterocycles. The molecule has 1 N–H and O–H groups in total. The average molecular weight is 255 g/mol. The Morgan fingerprint density at radius 1 is 1.64 bits per heavy atom. The maximum Gasteiger partial charge on any atom is 0.251 e. The number of carbonyl (C=O) groups excluding carboxylic acids is 1. The lowest BCUT2D eigenvalue weighted by atomic mass is 10.2. The smallest absolute Gasteiger partial charge is 0.251 e. The topological polar surface area (TPSA) is 42.0 Å². The largest absolute Gasteiger partial charge is 0.347 e. The minimum absolute atomic E-state index is 0.0203. The molecule has 1 aromatic heterocycles. The van der Waals surface area contributed by atoms with Gasteiger partial charge in [-0.05, 0) is 47.8 Å². The lowest BCUT2D eigenvalue weighted by Gasteiger charge is -2.10. The van der Waals surface area contributed by atoms with Crippen molar-refractivity contribution in [2.24, 2.45) is 0 Å². The van der Waals surface area contributed by atoms with Crippen LogP contribution in [-0.2, 0) is 0 Å². The zero-order valence-electron chi connectivity index (χ0n) is 7.88. The fourth-order valence-electron chi connectivity index (χ4n) is 1.20. The molecule has 1 fully saturated rings. The molecule has 1 aromatic rings. The Labute approximate surface area is 91.0 Å². The summed E-state index contributed by atoms with van der Waals surface area (Å²) in [5.41, 5.74) is 0.687. The molecule has 1 saturated carbocycles. The fourth-order valence-corrected chi connectivity index (χ4v) is 1.57. The second kappa shape index (κ2) is 3.35. The van der Waals surface area contributed by atoms with E-state index >= 15 is 0 Å². The first kappa shape index (κ1) is 9.65. The van der Waals surface area contributed by atoms with Crippen molar-refractivity contribution >= 4 is 21.8 Å². The van der Waals surface area contributed by atoms with Crippen molar-refractivity contribution in [3.05, 3.63) is 28.5 Å². The zero-order valence-corrected chi connectivity index (χ0v) is 9.47. The molecule has 1 aliphatic rings. The molecular formula is C10H11BrN2O. The molecule has 0 unspecified atom stereocenters. The van der Waals surface area contributed by atoms with E-state index in [1.54, 1.807) is 18.3 Å². The summed E-state index contributed by atoms with van der Waals surface area (Å²) < 4.78 is 0.686. The van der Waals surface area contributed by atoms with Crippen LogP contribution in [0.1, 0.15) is 30.1 Å². The molecule has 0 radical (unpaired) electrons. The van der Waals surface area contributed by atoms with Crippen molar-refractivity contribution in [1.29, 1.82) is 0 Å². The Kier molecular flexibility index (Phi) is 2.31. The second-order valence-electron chi connectivity index (χ2n) is 3.88. The number of pyridine rings is 1. The first-order valence-corrected chi connectivity index (χ1v) is 5.32. The predicted molar refractivity (Wildman–Crippen MR) is 57.0 cm³/mol. The van der Waals surface area contributed by atoms with Gasteiger partial charge in [-0.1, -0.05) is 0 Å². The molecule has 0 atom stereocenters. The van der Waals surface area contributed by atoms with E-state index in [1.165, 1.54) is 0 Å². The van der Waals surface area contributed by atoms with Crippen LogP contribution in [0.2, 0.25) is 0 Å². The first-order chi connectivity index (χ1) is 6.59. The number of hydrogen-bond donors (Lipinski definition) is 1. The summed E-state index contributed by atoms with van der Waals surface area (Å²) in [5.74, 6) is -0.0203. The number of rotatable bonds is 2. The van der Waals surface area contributed by atoms with Crippen LogP contribution in [0.15, 0.2) is 22.9 Å². The van der Waals surface area contributed by atoms with Gasteiger partial charge in [-0.15, -0.1) is 0 Å². The van der Waals surface area contributed by atoms with Crippen LogP contribution in [0.4, 0.5) is 0 Å². The molecule has 1 heterocycles. The van der Waals surface area contributed by atoms with Gasteiger partial charge >= 0.3 is 0 Å². The van der Waals surface area contributed by atoms with Gasteiger partial charge in [0.25, 0.3) is 5.91 Å². The van der Waals surface area contributed by atoms with Crippen LogP contribution in [-0.4, -0.2) is 16.4 Å². The number of halogens is 1. The highest BCUT2D eigenvalue weighted by atomic mass is 79.9. The van der Waals surface area contributed by atoms with Gasteiger partial charge in [-0.25, -0.2) is 4.98 Å². The lowest BCUT2D eigenvalue weighted by molar-refractivity contribution is 0.0935. The maximum absolute atomic E-state index is 11.7. The summed E-state index contributed by atoms with van der Waals surface area (Å²) in [6, 6.07) is 3.44. The maximum atomic E-state index is 11.7. The van der Waals surface area contributed by atoms with Crippen LogP contribution in [0.25, 0.3) is 0 Å². The van der Waals surface area contributed by atoms with E-state index in [4.69, 9.17) is 0 Å². The van der Waals surface area contributed by atoms with Crippen molar-refractivity contribution in [3.63, 3.8) is 0 Å². The summed E-state index contributed by atoms with van der Waals surface area (Å²) >= 11 is 3.23. The normalized spacial score (nSPS) is 17.6. The van der Waals surface area contributed by atoms with E-state index in [0.29, 0.717) is 10.2 Å². The molecule has 0 spiro atoms. The van der Waals surface area contributed by atoms with Gasteiger partial charge in [0.15, 0.2) is 0 Å². The van der Waals surface area contributed by atoms with Crippen LogP contribution >= 0.6 is 15.9 Å². The molecule has 3 nitrogen and oxygen atoms in total. The predicted octanol–water partition coefficient (Wildman–Crippen LogP) is 2.13. The van der Waals surface area contributed by atoms with Crippen molar-refractivity contribution in [3.8, 4) is 0 Å². The number of carbonyl (C=O) groups is 1. The molecule has 0 saturated heterocycles. The van der Waals surface area contributed by atoms with Gasteiger partial charge in [0.05, 0.1) is 0 Å². The molecule has 2 rings (SSSR count). The monoisotopic (exact) mass is 254 g/mol. The van der Waals surface area contributed by atoms with E-state index in [0.717, 1.165) is 12.8 Å². The van der Waals surface area contributed by atoms with Gasteiger partial charge < -0.3 is 5.32 Å². The van der Waals surface area contributed by atoms with Crippen LogP contribution in [0.5, 0.6) is 0 Å². The zero-order chi connectivity index (χ0) is 10.2. The molecule has 4 heteroatoms. The molecule has 74 valence electrons. The third-order valence-electron chi connectivity index (χ3n) is 2.40. The first-order valence-electron chi connectivity index (χ1n) is 4.53. The number of nitrogens with one attached hydrogen (secondary N) is 1. The third-order valence-corrected chi connectivity index (χ3v) is 2.84. The Hall–Kier alpha value is -0.900. The van der Waals surface area contributed by atoms with Gasteiger partial charge in [0.2, 0.25) is 0 Å². The van der Waals surface area contributed by atoms with Gasteiger partial charge in [0, 0.05) is 17.3 Å². The SMILES string of the molecule is CC1(NC(=O)c2ccnc(Br)c2)CC1. The van der Waals surface area contributed by atoms with E-state index in [-0.39, 0.29) is 11.4 Å². The molecule has 1 aliphatic carbocycles. The summed E-state index contributed by atoms with van der Waals surface area (Å²) in [6.07, 6.45) is 3.77. The number of amides is 1. The minimum atomic E-state index is -0.0203. The Bertz CT molecular complexity index is 374. The van der Waals surface area contributed by atoms with Gasteiger partial charge in [-0.3, -0.25) is 4.79 Å². The molecule has 0 aromatic carbocycles. The minimum Gasteiger partial charge on any atom is -0.347 e. The number of nitrogens with zero attached hydrogens (tertiary/aromatic N) is 1. The second-order valence-corrected chi connectivity index (χ2v) is 4.69. The van der Waals surface area contributed by atoms with E-state index in [9.17, 15) is 4.79 Å². The van der Waals surface area contributed by atoms with Gasteiger partial charge in [0.1, 0.15) is 4.60 Å². The van der Waals surface area contributed by atoms with Crippen molar-refractivity contribution in [1.82, 2.24) is 10.3 Å². The van der Waals surface area contributed by atoms with Crippen LogP contribution < -0.4 is 5.32 Å². The Balaban J connectivity index is 2.11. The van der Waals surface area contributed by atoms with E-state index in [2.05, 4.69) is 33.2 Å².